The van der Waals surface area contributed by atoms with Crippen LogP contribution in [-0.4, -0.2) is 50.1 Å². The number of fused-ring (bicyclic) bond motifs is 3. The summed E-state index contributed by atoms with van der Waals surface area (Å²) in [5.41, 5.74) is 3.78. The molecule has 2 N–H and O–H groups in total. The van der Waals surface area contributed by atoms with Crippen LogP contribution >= 0.6 is 0 Å². The predicted octanol–water partition coefficient (Wildman–Crippen LogP) is 2.64. The van der Waals surface area contributed by atoms with Gasteiger partial charge in [0, 0.05) is 24.6 Å². The number of nitrogens with zero attached hydrogens (tertiary/aromatic N) is 3. The summed E-state index contributed by atoms with van der Waals surface area (Å²) in [6.07, 6.45) is 7.01. The Morgan fingerprint density at radius 2 is 2.04 bits per heavy atom. The molecule has 0 radical (unpaired) electrons. The molecule has 3 aliphatic rings. The van der Waals surface area contributed by atoms with Gasteiger partial charge >= 0.3 is 0 Å². The summed E-state index contributed by atoms with van der Waals surface area (Å²) < 4.78 is 2.25. The molecule has 5 heteroatoms. The van der Waals surface area contributed by atoms with Crippen LogP contribution in [0, 0.1) is 11.3 Å². The molecule has 1 aromatic carbocycles. The molecule has 1 saturated carbocycles. The third kappa shape index (κ3) is 2.17. The van der Waals surface area contributed by atoms with E-state index in [2.05, 4.69) is 38.7 Å². The highest BCUT2D eigenvalue weighted by Gasteiger charge is 2.57. The summed E-state index contributed by atoms with van der Waals surface area (Å²) in [7, 11) is 0. The standard InChI is InChI=1S/C21H27N3O2/c1-2-18(25)23-9-7-21(8-10-23)11-16(20(21)26)19-15-6-4-3-5-14(15)17-12-22-13-24(17)19/h3-6,12-13,16,18-20,25-26H,2,7-11H2,1H3/t16-,18?,19+,20+/m0/s1. The Balaban J connectivity index is 1.37. The Hall–Kier alpha value is -1.69. The van der Waals surface area contributed by atoms with Crippen molar-refractivity contribution in [3.8, 4) is 11.3 Å². The lowest BCUT2D eigenvalue weighted by Gasteiger charge is -2.58. The second-order valence-electron chi connectivity index (χ2n) is 8.32. The van der Waals surface area contributed by atoms with Crippen molar-refractivity contribution in [2.75, 3.05) is 13.1 Å². The molecule has 1 saturated heterocycles. The van der Waals surface area contributed by atoms with Crippen LogP contribution < -0.4 is 0 Å². The molecule has 2 fully saturated rings. The lowest BCUT2D eigenvalue weighted by Crippen LogP contribution is -2.60. The molecular formula is C21H27N3O2. The third-order valence-electron chi connectivity index (χ3n) is 7.18. The first kappa shape index (κ1) is 16.5. The van der Waals surface area contributed by atoms with E-state index in [0.717, 1.165) is 38.8 Å². The van der Waals surface area contributed by atoms with Gasteiger partial charge in [-0.1, -0.05) is 31.2 Å². The van der Waals surface area contributed by atoms with E-state index in [9.17, 15) is 10.2 Å². The van der Waals surface area contributed by atoms with Gasteiger partial charge in [-0.05, 0) is 36.7 Å². The highest BCUT2D eigenvalue weighted by atomic mass is 16.3. The van der Waals surface area contributed by atoms with Crippen LogP contribution in [0.25, 0.3) is 11.3 Å². The zero-order valence-corrected chi connectivity index (χ0v) is 15.3. The van der Waals surface area contributed by atoms with E-state index in [1.807, 2.05) is 19.4 Å². The molecule has 26 heavy (non-hydrogen) atoms. The summed E-state index contributed by atoms with van der Waals surface area (Å²) in [5.74, 6) is 0.245. The molecule has 2 aliphatic heterocycles. The lowest BCUT2D eigenvalue weighted by atomic mass is 9.53. The number of imidazole rings is 1. The minimum absolute atomic E-state index is 0.0346. The fourth-order valence-electron chi connectivity index (χ4n) is 5.62. The fraction of sp³-hybridized carbons (Fsp3) is 0.571. The quantitative estimate of drug-likeness (QED) is 0.891. The summed E-state index contributed by atoms with van der Waals surface area (Å²) in [6, 6.07) is 8.73. The minimum Gasteiger partial charge on any atom is -0.392 e. The average molecular weight is 353 g/mol. The normalized spacial score (nSPS) is 30.7. The zero-order valence-electron chi connectivity index (χ0n) is 15.3. The van der Waals surface area contributed by atoms with Gasteiger partial charge in [-0.15, -0.1) is 0 Å². The van der Waals surface area contributed by atoms with Crippen LogP contribution in [0.1, 0.15) is 44.2 Å². The van der Waals surface area contributed by atoms with Crippen LogP contribution in [0.2, 0.25) is 0 Å². The van der Waals surface area contributed by atoms with E-state index in [1.54, 1.807) is 0 Å². The molecule has 1 aliphatic carbocycles. The number of rotatable bonds is 3. The minimum atomic E-state index is -0.337. The predicted molar refractivity (Wildman–Crippen MR) is 99.5 cm³/mol. The second-order valence-corrected chi connectivity index (χ2v) is 8.32. The van der Waals surface area contributed by atoms with Crippen LogP contribution in [0.4, 0.5) is 0 Å². The lowest BCUT2D eigenvalue weighted by molar-refractivity contribution is -0.169. The van der Waals surface area contributed by atoms with E-state index in [0.29, 0.717) is 0 Å². The summed E-state index contributed by atoms with van der Waals surface area (Å²) >= 11 is 0. The Morgan fingerprint density at radius 1 is 1.27 bits per heavy atom. The monoisotopic (exact) mass is 353 g/mol. The van der Waals surface area contributed by atoms with Crippen LogP contribution in [0.5, 0.6) is 0 Å². The molecule has 138 valence electrons. The Kier molecular flexibility index (Phi) is 3.75. The number of aliphatic hydroxyl groups is 2. The zero-order chi connectivity index (χ0) is 17.9. The molecule has 0 bridgehead atoms. The average Bonchev–Trinajstić information content (AvgIpc) is 3.27. The molecule has 0 amide bonds. The molecule has 3 heterocycles. The van der Waals surface area contributed by atoms with Crippen molar-refractivity contribution >= 4 is 0 Å². The topological polar surface area (TPSA) is 61.5 Å². The van der Waals surface area contributed by atoms with Crippen LogP contribution in [0.15, 0.2) is 36.8 Å². The van der Waals surface area contributed by atoms with Gasteiger partial charge in [-0.2, -0.15) is 0 Å². The van der Waals surface area contributed by atoms with Gasteiger partial charge in [-0.25, -0.2) is 4.98 Å². The van der Waals surface area contributed by atoms with Crippen molar-refractivity contribution in [2.45, 2.75) is 51.0 Å². The molecule has 1 unspecified atom stereocenters. The first-order valence-electron chi connectivity index (χ1n) is 9.86. The summed E-state index contributed by atoms with van der Waals surface area (Å²) in [6.45, 7) is 3.79. The van der Waals surface area contributed by atoms with Crippen molar-refractivity contribution in [3.05, 3.63) is 42.4 Å². The SMILES string of the molecule is CCC(O)N1CCC2(CC1)C[C@@H]([C@H]1c3ccccc3-c3cncn31)[C@H]2O. The Bertz CT molecular complexity index is 809. The maximum Gasteiger partial charge on any atom is 0.107 e. The van der Waals surface area contributed by atoms with E-state index in [1.165, 1.54) is 16.8 Å². The first-order chi connectivity index (χ1) is 12.6. The largest absolute Gasteiger partial charge is 0.392 e. The fourth-order valence-corrected chi connectivity index (χ4v) is 5.62. The number of aromatic nitrogens is 2. The molecule has 1 aromatic heterocycles. The maximum atomic E-state index is 11.2. The number of aliphatic hydroxyl groups excluding tert-OH is 2. The van der Waals surface area contributed by atoms with Crippen molar-refractivity contribution in [1.82, 2.24) is 14.5 Å². The van der Waals surface area contributed by atoms with Crippen LogP contribution in [-0.2, 0) is 0 Å². The number of benzene rings is 1. The molecule has 2 aromatic rings. The van der Waals surface area contributed by atoms with Crippen LogP contribution in [0.3, 0.4) is 0 Å². The second kappa shape index (κ2) is 5.91. The number of likely N-dealkylation sites (tertiary alicyclic amines) is 1. The first-order valence-corrected chi connectivity index (χ1v) is 9.86. The van der Waals surface area contributed by atoms with Gasteiger partial charge in [0.2, 0.25) is 0 Å². The highest BCUT2D eigenvalue weighted by molar-refractivity contribution is 5.69. The van der Waals surface area contributed by atoms with E-state index in [-0.39, 0.29) is 29.7 Å². The third-order valence-corrected chi connectivity index (χ3v) is 7.18. The van der Waals surface area contributed by atoms with Gasteiger partial charge < -0.3 is 14.8 Å². The van der Waals surface area contributed by atoms with E-state index < -0.39 is 0 Å². The van der Waals surface area contributed by atoms with Crippen molar-refractivity contribution in [2.24, 2.45) is 11.3 Å². The van der Waals surface area contributed by atoms with E-state index in [4.69, 9.17) is 0 Å². The molecule has 1 spiro atoms. The number of hydrogen-bond acceptors (Lipinski definition) is 4. The van der Waals surface area contributed by atoms with Gasteiger partial charge in [0.15, 0.2) is 0 Å². The maximum absolute atomic E-state index is 11.2. The smallest absolute Gasteiger partial charge is 0.107 e. The van der Waals surface area contributed by atoms with Crippen molar-refractivity contribution in [3.63, 3.8) is 0 Å². The number of piperidine rings is 1. The molecule has 4 atom stereocenters. The van der Waals surface area contributed by atoms with Crippen molar-refractivity contribution in [1.29, 1.82) is 0 Å². The molecular weight excluding hydrogens is 326 g/mol. The molecule has 5 nitrogen and oxygen atoms in total. The summed E-state index contributed by atoms with van der Waals surface area (Å²) in [4.78, 5) is 6.51. The van der Waals surface area contributed by atoms with Crippen molar-refractivity contribution < 1.29 is 10.2 Å². The van der Waals surface area contributed by atoms with E-state index >= 15 is 0 Å². The van der Waals surface area contributed by atoms with Gasteiger partial charge in [-0.3, -0.25) is 4.90 Å². The number of hydrogen-bond donors (Lipinski definition) is 2. The molecule has 5 rings (SSSR count). The highest BCUT2D eigenvalue weighted by Crippen LogP contribution is 2.59. The van der Waals surface area contributed by atoms with Gasteiger partial charge in [0.1, 0.15) is 6.23 Å². The summed E-state index contributed by atoms with van der Waals surface area (Å²) in [5, 5.41) is 21.3. The Labute approximate surface area is 154 Å². The van der Waals surface area contributed by atoms with Gasteiger partial charge in [0.05, 0.1) is 30.4 Å². The van der Waals surface area contributed by atoms with Gasteiger partial charge in [0.25, 0.3) is 0 Å². The Morgan fingerprint density at radius 3 is 2.77 bits per heavy atom.